The molecule has 0 spiro atoms. The van der Waals surface area contributed by atoms with E-state index in [9.17, 15) is 14.4 Å². The van der Waals surface area contributed by atoms with E-state index >= 15 is 0 Å². The highest BCUT2D eigenvalue weighted by Crippen LogP contribution is 2.34. The first-order valence-electron chi connectivity index (χ1n) is 13.0. The molecule has 1 aromatic heterocycles. The molecule has 0 radical (unpaired) electrons. The first kappa shape index (κ1) is 25.0. The molecule has 0 N–H and O–H groups in total. The topological polar surface area (TPSA) is 65.9 Å². The Morgan fingerprint density at radius 1 is 0.821 bits per heavy atom. The lowest BCUT2D eigenvalue weighted by molar-refractivity contribution is -0.136. The Balaban J connectivity index is 1.15. The maximum absolute atomic E-state index is 13.2. The Kier molecular flexibility index (Phi) is 6.94. The van der Waals surface area contributed by atoms with E-state index in [1.165, 1.54) is 5.56 Å². The van der Waals surface area contributed by atoms with Crippen molar-refractivity contribution in [3.63, 3.8) is 0 Å². The van der Waals surface area contributed by atoms with Crippen molar-refractivity contribution in [1.82, 2.24) is 14.4 Å². The first-order valence-corrected chi connectivity index (χ1v) is 13.8. The molecule has 196 valence electrons. The van der Waals surface area contributed by atoms with E-state index in [1.807, 2.05) is 60.8 Å². The minimum atomic E-state index is -0.416. The van der Waals surface area contributed by atoms with Gasteiger partial charge in [0.05, 0.1) is 4.91 Å². The summed E-state index contributed by atoms with van der Waals surface area (Å²) in [6.07, 6.45) is 3.79. The van der Waals surface area contributed by atoms with Crippen LogP contribution in [0.25, 0.3) is 17.0 Å². The van der Waals surface area contributed by atoms with Crippen LogP contribution in [0.5, 0.6) is 0 Å². The number of piperazine rings is 1. The monoisotopic (exact) mass is 536 g/mol. The van der Waals surface area contributed by atoms with Crippen molar-refractivity contribution < 1.29 is 14.4 Å². The second-order valence-electron chi connectivity index (χ2n) is 9.69. The van der Waals surface area contributed by atoms with E-state index in [0.717, 1.165) is 38.8 Å². The third-order valence-electron chi connectivity index (χ3n) is 7.22. The van der Waals surface area contributed by atoms with Crippen molar-refractivity contribution in [2.45, 2.75) is 6.54 Å². The van der Waals surface area contributed by atoms with Crippen molar-refractivity contribution in [2.24, 2.45) is 0 Å². The van der Waals surface area contributed by atoms with E-state index in [1.54, 1.807) is 11.0 Å². The lowest BCUT2D eigenvalue weighted by Crippen LogP contribution is -2.51. The predicted molar refractivity (Wildman–Crippen MR) is 155 cm³/mol. The summed E-state index contributed by atoms with van der Waals surface area (Å²) in [5, 5.41) is 0.600. The number of amides is 3. The maximum atomic E-state index is 13.2. The number of hydrogen-bond donors (Lipinski definition) is 0. The van der Waals surface area contributed by atoms with Gasteiger partial charge in [0, 0.05) is 61.1 Å². The molecule has 2 aliphatic rings. The normalized spacial score (nSPS) is 17.0. The van der Waals surface area contributed by atoms with Gasteiger partial charge in [0.2, 0.25) is 5.91 Å². The van der Waals surface area contributed by atoms with Crippen LogP contribution in [0.1, 0.15) is 11.1 Å². The summed E-state index contributed by atoms with van der Waals surface area (Å²) >= 11 is 0.895. The summed E-state index contributed by atoms with van der Waals surface area (Å²) < 4.78 is 2.15. The van der Waals surface area contributed by atoms with Gasteiger partial charge in [-0.3, -0.25) is 19.3 Å². The molecule has 4 aromatic rings. The van der Waals surface area contributed by atoms with Gasteiger partial charge in [-0.15, -0.1) is 0 Å². The van der Waals surface area contributed by atoms with Crippen molar-refractivity contribution in [1.29, 1.82) is 0 Å². The minimum absolute atomic E-state index is 0.203. The summed E-state index contributed by atoms with van der Waals surface area (Å²) in [5.74, 6) is -0.619. The Hall–Kier alpha value is -4.30. The molecule has 2 aliphatic heterocycles. The molecule has 2 fully saturated rings. The van der Waals surface area contributed by atoms with E-state index in [4.69, 9.17) is 0 Å². The first-order chi connectivity index (χ1) is 19.1. The summed E-state index contributed by atoms with van der Waals surface area (Å²) in [5.41, 5.74) is 4.23. The fourth-order valence-electron chi connectivity index (χ4n) is 5.17. The summed E-state index contributed by atoms with van der Waals surface area (Å²) in [6, 6.07) is 28.3. The number of benzene rings is 3. The zero-order chi connectivity index (χ0) is 26.8. The van der Waals surface area contributed by atoms with Crippen LogP contribution in [0.3, 0.4) is 0 Å². The molecule has 8 heteroatoms. The number of aromatic nitrogens is 1. The average molecular weight is 537 g/mol. The standard InChI is InChI=1S/C31H28N4O3S/c36-29(33-17-15-32(16-18-33)25-11-5-2-6-12-25)22-35-30(37)28(39-31(35)38)19-24-21-34(20-23-9-3-1-4-10-23)27-14-8-7-13-26(24)27/h1-14,19,21H,15-18,20,22H2/b28-19+. The Morgan fingerprint density at radius 2 is 1.49 bits per heavy atom. The summed E-state index contributed by atoms with van der Waals surface area (Å²) in [7, 11) is 0. The zero-order valence-corrected chi connectivity index (χ0v) is 22.2. The molecule has 0 unspecified atom stereocenters. The minimum Gasteiger partial charge on any atom is -0.368 e. The number of para-hydroxylation sites is 2. The van der Waals surface area contributed by atoms with Gasteiger partial charge in [-0.2, -0.15) is 0 Å². The molecule has 2 saturated heterocycles. The van der Waals surface area contributed by atoms with E-state index < -0.39 is 11.1 Å². The van der Waals surface area contributed by atoms with Crippen LogP contribution in [-0.2, 0) is 16.1 Å². The number of carbonyl (C=O) groups excluding carboxylic acids is 3. The van der Waals surface area contributed by atoms with Crippen LogP contribution in [0, 0.1) is 0 Å². The molecule has 7 nitrogen and oxygen atoms in total. The largest absolute Gasteiger partial charge is 0.368 e. The van der Waals surface area contributed by atoms with Gasteiger partial charge in [0.15, 0.2) is 0 Å². The average Bonchev–Trinajstić information content (AvgIpc) is 3.45. The quantitative estimate of drug-likeness (QED) is 0.322. The Morgan fingerprint density at radius 3 is 2.23 bits per heavy atom. The number of imide groups is 1. The molecule has 3 amide bonds. The maximum Gasteiger partial charge on any atom is 0.294 e. The molecule has 6 rings (SSSR count). The van der Waals surface area contributed by atoms with Crippen LogP contribution in [0.2, 0.25) is 0 Å². The Labute approximate surface area is 231 Å². The molecular weight excluding hydrogens is 508 g/mol. The van der Waals surface area contributed by atoms with Crippen LogP contribution in [-0.4, -0.2) is 64.1 Å². The van der Waals surface area contributed by atoms with Crippen molar-refractivity contribution >= 4 is 51.5 Å². The number of rotatable bonds is 6. The van der Waals surface area contributed by atoms with Gasteiger partial charge in [0.25, 0.3) is 11.1 Å². The fourth-order valence-corrected chi connectivity index (χ4v) is 6.00. The molecular formula is C31H28N4O3S. The van der Waals surface area contributed by atoms with Crippen LogP contribution in [0.15, 0.2) is 96.0 Å². The third kappa shape index (κ3) is 5.20. The summed E-state index contributed by atoms with van der Waals surface area (Å²) in [4.78, 5) is 44.5. The van der Waals surface area contributed by atoms with Crippen LogP contribution < -0.4 is 4.90 Å². The predicted octanol–water partition coefficient (Wildman–Crippen LogP) is 5.07. The lowest BCUT2D eigenvalue weighted by Gasteiger charge is -2.36. The number of carbonyl (C=O) groups is 3. The van der Waals surface area contributed by atoms with E-state index in [2.05, 4.69) is 39.8 Å². The van der Waals surface area contributed by atoms with Gasteiger partial charge >= 0.3 is 0 Å². The van der Waals surface area contributed by atoms with Gasteiger partial charge in [-0.05, 0) is 41.6 Å². The van der Waals surface area contributed by atoms with Crippen LogP contribution in [0.4, 0.5) is 10.5 Å². The highest BCUT2D eigenvalue weighted by Gasteiger charge is 2.37. The van der Waals surface area contributed by atoms with Crippen molar-refractivity contribution in [2.75, 3.05) is 37.6 Å². The molecule has 3 aromatic carbocycles. The van der Waals surface area contributed by atoms with Gasteiger partial charge in [-0.1, -0.05) is 66.7 Å². The van der Waals surface area contributed by atoms with Crippen molar-refractivity contribution in [3.05, 3.63) is 107 Å². The number of fused-ring (bicyclic) bond motifs is 1. The number of nitrogens with zero attached hydrogens (tertiary/aromatic N) is 4. The lowest BCUT2D eigenvalue weighted by atomic mass is 10.1. The second-order valence-corrected chi connectivity index (χ2v) is 10.7. The SMILES string of the molecule is O=C(CN1C(=O)S/C(=C/c2cn(Cc3ccccc3)c3ccccc23)C1=O)N1CCN(c2ccccc2)CC1. The highest BCUT2D eigenvalue weighted by atomic mass is 32.2. The highest BCUT2D eigenvalue weighted by molar-refractivity contribution is 8.18. The number of anilines is 1. The van der Waals surface area contributed by atoms with Crippen molar-refractivity contribution in [3.8, 4) is 0 Å². The van der Waals surface area contributed by atoms with Gasteiger partial charge in [-0.25, -0.2) is 0 Å². The van der Waals surface area contributed by atoms with E-state index in [-0.39, 0.29) is 12.5 Å². The van der Waals surface area contributed by atoms with Gasteiger partial charge < -0.3 is 14.4 Å². The Bertz CT molecular complexity index is 1560. The molecule has 0 saturated carbocycles. The number of hydrogen-bond acceptors (Lipinski definition) is 5. The third-order valence-corrected chi connectivity index (χ3v) is 8.13. The molecule has 39 heavy (non-hydrogen) atoms. The molecule has 0 bridgehead atoms. The smallest absolute Gasteiger partial charge is 0.294 e. The molecule has 0 aliphatic carbocycles. The second kappa shape index (κ2) is 10.8. The number of thioether (sulfide) groups is 1. The fraction of sp³-hybridized carbons (Fsp3) is 0.194. The molecule has 3 heterocycles. The van der Waals surface area contributed by atoms with Crippen LogP contribution >= 0.6 is 11.8 Å². The summed E-state index contributed by atoms with van der Waals surface area (Å²) in [6.45, 7) is 3.00. The zero-order valence-electron chi connectivity index (χ0n) is 21.4. The van der Waals surface area contributed by atoms with Gasteiger partial charge in [0.1, 0.15) is 6.54 Å². The van der Waals surface area contributed by atoms with E-state index in [0.29, 0.717) is 37.6 Å². The molecule has 0 atom stereocenters.